The van der Waals surface area contributed by atoms with Crippen LogP contribution in [0.15, 0.2) is 0 Å². The number of aliphatic carboxylic acids is 3. The van der Waals surface area contributed by atoms with Crippen molar-refractivity contribution in [3.63, 3.8) is 0 Å². The maximum Gasteiger partial charge on any atom is 2.00 e. The Kier molecular flexibility index (Phi) is 22.0. The number of nitrogens with two attached hydrogens (primary N) is 1. The second-order valence-electron chi connectivity index (χ2n) is 3.99. The van der Waals surface area contributed by atoms with Crippen LogP contribution < -0.4 is 21.1 Å². The van der Waals surface area contributed by atoms with Gasteiger partial charge in [-0.3, -0.25) is 4.79 Å². The predicted molar refractivity (Wildman–Crippen MR) is 73.2 cm³/mol. The largest absolute Gasteiger partial charge is 2.00 e. The van der Waals surface area contributed by atoms with Crippen molar-refractivity contribution in [3.05, 3.63) is 0 Å². The van der Waals surface area contributed by atoms with E-state index in [4.69, 9.17) is 5.73 Å². The number of hydrogen-bond donors (Lipinski definition) is 1. The van der Waals surface area contributed by atoms with Crippen molar-refractivity contribution in [3.8, 4) is 0 Å². The SMILES string of the molecule is C[S+](C)CCC(N)C(=O)[O-].Cl.O=C([O-])CCC(=O)C(=O)[O-].[Co+2]. The molecule has 0 heterocycles. The van der Waals surface area contributed by atoms with Crippen LogP contribution in [0.5, 0.6) is 0 Å². The number of hydrogen-bond acceptors (Lipinski definition) is 8. The monoisotopic (exact) mass is 402 g/mol. The molecule has 8 nitrogen and oxygen atoms in total. The van der Waals surface area contributed by atoms with Crippen molar-refractivity contribution < 1.29 is 51.3 Å². The van der Waals surface area contributed by atoms with E-state index in [0.29, 0.717) is 6.42 Å². The maximum atomic E-state index is 10.1. The smallest absolute Gasteiger partial charge is 0.550 e. The number of Topliss-reactive ketones (excluding diaryl/α,β-unsaturated/α-hetero) is 1. The van der Waals surface area contributed by atoms with Crippen molar-refractivity contribution in [1.29, 1.82) is 0 Å². The molecule has 22 heavy (non-hydrogen) atoms. The number of halogens is 1. The zero-order chi connectivity index (χ0) is 16.3. The summed E-state index contributed by atoms with van der Waals surface area (Å²) in [4.78, 5) is 39.5. The quantitative estimate of drug-likeness (QED) is 0.314. The first-order valence-corrected chi connectivity index (χ1v) is 7.73. The Morgan fingerprint density at radius 1 is 1.05 bits per heavy atom. The number of carboxylic acids is 3. The Bertz CT molecular complexity index is 368. The van der Waals surface area contributed by atoms with Gasteiger partial charge in [0.1, 0.15) is 11.7 Å². The van der Waals surface area contributed by atoms with Crippen molar-refractivity contribution in [2.24, 2.45) is 5.73 Å². The summed E-state index contributed by atoms with van der Waals surface area (Å²) in [5.41, 5.74) is 5.21. The topological polar surface area (TPSA) is 163 Å². The molecule has 0 fully saturated rings. The molecule has 0 aliphatic rings. The van der Waals surface area contributed by atoms with Gasteiger partial charge in [0.15, 0.2) is 5.78 Å². The van der Waals surface area contributed by atoms with Crippen LogP contribution in [-0.2, 0) is 46.9 Å². The molecule has 1 atom stereocenters. The van der Waals surface area contributed by atoms with Crippen molar-refractivity contribution in [2.75, 3.05) is 18.3 Å². The first-order chi connectivity index (χ1) is 9.07. The number of rotatable bonds is 8. The molecule has 11 heteroatoms. The van der Waals surface area contributed by atoms with Gasteiger partial charge in [-0.15, -0.1) is 12.4 Å². The molecule has 0 amide bonds. The van der Waals surface area contributed by atoms with E-state index in [1.807, 2.05) is 0 Å². The molecule has 0 aliphatic heterocycles. The van der Waals surface area contributed by atoms with Crippen molar-refractivity contribution in [2.45, 2.75) is 25.3 Å². The molecule has 1 radical (unpaired) electrons. The first-order valence-electron chi connectivity index (χ1n) is 5.52. The summed E-state index contributed by atoms with van der Waals surface area (Å²) in [5.74, 6) is -4.81. The molecular formula is C11H18ClCoNO7S. The summed E-state index contributed by atoms with van der Waals surface area (Å²) in [7, 11) is 0.276. The average Bonchev–Trinajstić information content (AvgIpc) is 2.33. The van der Waals surface area contributed by atoms with E-state index in [9.17, 15) is 34.5 Å². The summed E-state index contributed by atoms with van der Waals surface area (Å²) >= 11 is 0. The van der Waals surface area contributed by atoms with E-state index in [2.05, 4.69) is 12.5 Å². The third kappa shape index (κ3) is 21.5. The number of carbonyl (C=O) groups excluding carboxylic acids is 4. The average molecular weight is 403 g/mol. The van der Waals surface area contributed by atoms with Crippen molar-refractivity contribution in [1.82, 2.24) is 0 Å². The van der Waals surface area contributed by atoms with Crippen LogP contribution in [0.25, 0.3) is 0 Å². The fourth-order valence-electron chi connectivity index (χ4n) is 0.798. The summed E-state index contributed by atoms with van der Waals surface area (Å²) in [6, 6.07) is -0.783. The van der Waals surface area contributed by atoms with Gasteiger partial charge in [0.25, 0.3) is 0 Å². The van der Waals surface area contributed by atoms with E-state index < -0.39 is 42.6 Å². The van der Waals surface area contributed by atoms with Gasteiger partial charge in [-0.2, -0.15) is 0 Å². The van der Waals surface area contributed by atoms with E-state index in [0.717, 1.165) is 5.75 Å². The molecule has 1 unspecified atom stereocenters. The Labute approximate surface area is 147 Å². The molecule has 0 aliphatic carbocycles. The number of carboxylic acid groups (broad SMARTS) is 3. The second-order valence-corrected chi connectivity index (χ2v) is 6.37. The minimum Gasteiger partial charge on any atom is -0.550 e. The third-order valence-corrected chi connectivity index (χ3v) is 2.98. The van der Waals surface area contributed by atoms with Crippen LogP contribution in [-0.4, -0.2) is 48.0 Å². The zero-order valence-corrected chi connectivity index (χ0v) is 14.7. The van der Waals surface area contributed by atoms with Crippen LogP contribution in [0.1, 0.15) is 19.3 Å². The van der Waals surface area contributed by atoms with E-state index in [1.165, 1.54) is 0 Å². The van der Waals surface area contributed by atoms with Gasteiger partial charge in [-0.05, 0) is 17.3 Å². The third-order valence-electron chi connectivity index (χ3n) is 1.92. The Morgan fingerprint density at radius 2 is 1.50 bits per heavy atom. The number of carbonyl (C=O) groups is 4. The van der Waals surface area contributed by atoms with Crippen LogP contribution in [0, 0.1) is 0 Å². The molecule has 0 aromatic heterocycles. The summed E-state index contributed by atoms with van der Waals surface area (Å²) < 4.78 is 0. The van der Waals surface area contributed by atoms with E-state index in [-0.39, 0.29) is 40.1 Å². The molecule has 0 spiro atoms. The van der Waals surface area contributed by atoms with Gasteiger partial charge in [0.05, 0.1) is 18.5 Å². The predicted octanol–water partition coefficient (Wildman–Crippen LogP) is -4.41. The van der Waals surface area contributed by atoms with Crippen LogP contribution in [0.2, 0.25) is 0 Å². The second kappa shape index (κ2) is 16.6. The normalized spacial score (nSPS) is 10.2. The standard InChI is InChI=1S/C6H13NO2S.C5H6O5.ClH.Co/c1-10(2)4-3-5(7)6(8)9;6-3(5(9)10)1-2-4(7)8;;/h5H,3-4,7H2,1-2H3;1-2H2,(H,7,8)(H,9,10);1H;/q;;;+2/p-2. The zero-order valence-electron chi connectivity index (χ0n) is 12.0. The summed E-state index contributed by atoms with van der Waals surface area (Å²) in [6.07, 6.45) is 3.50. The van der Waals surface area contributed by atoms with Gasteiger partial charge < -0.3 is 35.4 Å². The molecule has 2 N–H and O–H groups in total. The van der Waals surface area contributed by atoms with Gasteiger partial charge in [0.2, 0.25) is 0 Å². The maximum absolute atomic E-state index is 10.1. The fourth-order valence-corrected chi connectivity index (χ4v) is 1.52. The summed E-state index contributed by atoms with van der Waals surface area (Å²) in [5, 5.41) is 29.4. The molecule has 0 saturated carbocycles. The molecule has 0 aromatic rings. The fraction of sp³-hybridized carbons (Fsp3) is 0.636. The van der Waals surface area contributed by atoms with Gasteiger partial charge in [-0.25, -0.2) is 0 Å². The van der Waals surface area contributed by atoms with Gasteiger partial charge in [-0.1, -0.05) is 0 Å². The minimum absolute atomic E-state index is 0. The Hall–Kier alpha value is -0.814. The molecule has 0 rings (SSSR count). The Balaban J connectivity index is -0.000000135. The van der Waals surface area contributed by atoms with Gasteiger partial charge in [0, 0.05) is 24.9 Å². The van der Waals surface area contributed by atoms with E-state index >= 15 is 0 Å². The van der Waals surface area contributed by atoms with Crippen LogP contribution in [0.4, 0.5) is 0 Å². The van der Waals surface area contributed by atoms with Crippen LogP contribution >= 0.6 is 12.4 Å². The summed E-state index contributed by atoms with van der Waals surface area (Å²) in [6.45, 7) is 0. The minimum atomic E-state index is -1.86. The Morgan fingerprint density at radius 3 is 1.77 bits per heavy atom. The van der Waals surface area contributed by atoms with Crippen LogP contribution in [0.3, 0.4) is 0 Å². The number of ketones is 1. The molecule has 0 bridgehead atoms. The van der Waals surface area contributed by atoms with Crippen molar-refractivity contribution >= 4 is 47.0 Å². The van der Waals surface area contributed by atoms with Gasteiger partial charge >= 0.3 is 16.8 Å². The first kappa shape index (κ1) is 29.2. The molecule has 131 valence electrons. The van der Waals surface area contributed by atoms with E-state index in [1.54, 1.807) is 0 Å². The molecule has 0 saturated heterocycles. The molecular weight excluding hydrogens is 385 g/mol. The molecule has 0 aromatic carbocycles.